The zero-order valence-corrected chi connectivity index (χ0v) is 18.9. The maximum Gasteiger partial charge on any atom is 0.173 e. The summed E-state index contributed by atoms with van der Waals surface area (Å²) in [4.78, 5) is 14.2. The van der Waals surface area contributed by atoms with Gasteiger partial charge in [-0.1, -0.05) is 25.2 Å². The third kappa shape index (κ3) is 3.23. The van der Waals surface area contributed by atoms with Crippen molar-refractivity contribution in [1.29, 1.82) is 0 Å². The largest absolute Gasteiger partial charge is 0.330 e. The summed E-state index contributed by atoms with van der Waals surface area (Å²) in [6.07, 6.45) is 10.6. The summed E-state index contributed by atoms with van der Waals surface area (Å²) in [5.74, 6) is 1.85. The predicted octanol–water partition coefficient (Wildman–Crippen LogP) is 5.36. The molecule has 0 aromatic heterocycles. The lowest BCUT2D eigenvalue weighted by Gasteiger charge is -2.49. The number of halogens is 1. The number of aliphatic imine (C=N–C) groups is 2. The smallest absolute Gasteiger partial charge is 0.173 e. The third-order valence-electron chi connectivity index (χ3n) is 5.98. The molecule has 3 atom stereocenters. The SMILES string of the molecule is CN=C1C(=NC(C)C)N2C3=C(/C=C\CCC=C3)C(C)(SF)C(C)C2N1C(C)C. The van der Waals surface area contributed by atoms with Gasteiger partial charge in [-0.2, -0.15) is 3.89 Å². The van der Waals surface area contributed by atoms with Gasteiger partial charge in [0.25, 0.3) is 0 Å². The molecule has 3 unspecified atom stereocenters. The molecule has 154 valence electrons. The first-order valence-electron chi connectivity index (χ1n) is 10.3. The number of rotatable bonds is 3. The van der Waals surface area contributed by atoms with Crippen LogP contribution in [0, 0.1) is 5.92 Å². The highest BCUT2D eigenvalue weighted by atomic mass is 32.2. The molecule has 1 fully saturated rings. The minimum absolute atomic E-state index is 0.0133. The van der Waals surface area contributed by atoms with E-state index in [0.29, 0.717) is 12.1 Å². The predicted molar refractivity (Wildman–Crippen MR) is 119 cm³/mol. The maximum absolute atomic E-state index is 14.5. The topological polar surface area (TPSA) is 31.2 Å². The van der Waals surface area contributed by atoms with Crippen molar-refractivity contribution in [1.82, 2.24) is 9.80 Å². The van der Waals surface area contributed by atoms with Gasteiger partial charge in [0, 0.05) is 30.7 Å². The molecule has 28 heavy (non-hydrogen) atoms. The Kier molecular flexibility index (Phi) is 6.08. The molecule has 3 rings (SSSR count). The summed E-state index contributed by atoms with van der Waals surface area (Å²) in [6.45, 7) is 12.7. The molecule has 0 aromatic carbocycles. The van der Waals surface area contributed by atoms with Crippen LogP contribution in [0.2, 0.25) is 0 Å². The lowest BCUT2D eigenvalue weighted by molar-refractivity contribution is 0.103. The number of allylic oxidation sites excluding steroid dienone is 4. The second-order valence-corrected chi connectivity index (χ2v) is 9.53. The fraction of sp³-hybridized carbons (Fsp3) is 0.636. The van der Waals surface area contributed by atoms with Crippen LogP contribution in [0.3, 0.4) is 0 Å². The lowest BCUT2D eigenvalue weighted by Crippen LogP contribution is -2.56. The van der Waals surface area contributed by atoms with Gasteiger partial charge in [-0.3, -0.25) is 9.98 Å². The van der Waals surface area contributed by atoms with Crippen molar-refractivity contribution in [3.63, 3.8) is 0 Å². The van der Waals surface area contributed by atoms with Crippen LogP contribution in [-0.2, 0) is 0 Å². The van der Waals surface area contributed by atoms with E-state index in [4.69, 9.17) is 4.99 Å². The molecular formula is C22H33FN4S. The average molecular weight is 405 g/mol. The molecule has 2 heterocycles. The number of fused-ring (bicyclic) bond motifs is 2. The highest BCUT2D eigenvalue weighted by Gasteiger charge is 2.56. The Morgan fingerprint density at radius 3 is 2.32 bits per heavy atom. The van der Waals surface area contributed by atoms with E-state index >= 15 is 0 Å². The van der Waals surface area contributed by atoms with E-state index in [9.17, 15) is 3.89 Å². The zero-order valence-electron chi connectivity index (χ0n) is 18.1. The molecule has 0 radical (unpaired) electrons. The van der Waals surface area contributed by atoms with E-state index < -0.39 is 4.75 Å². The van der Waals surface area contributed by atoms with Gasteiger partial charge in [-0.05, 0) is 59.1 Å². The molecule has 3 aliphatic rings. The van der Waals surface area contributed by atoms with Gasteiger partial charge in [-0.15, -0.1) is 0 Å². The molecule has 0 aromatic rings. The molecule has 2 aliphatic heterocycles. The summed E-state index contributed by atoms with van der Waals surface area (Å²) in [7, 11) is 1.83. The monoisotopic (exact) mass is 404 g/mol. The molecule has 0 bridgehead atoms. The Labute approximate surface area is 173 Å². The van der Waals surface area contributed by atoms with Crippen molar-refractivity contribution in [2.24, 2.45) is 15.9 Å². The van der Waals surface area contributed by atoms with E-state index in [0.717, 1.165) is 35.8 Å². The number of hydrogen-bond acceptors (Lipinski definition) is 3. The summed E-state index contributed by atoms with van der Waals surface area (Å²) in [6, 6.07) is 0.383. The minimum atomic E-state index is -0.631. The molecule has 0 saturated carbocycles. The van der Waals surface area contributed by atoms with E-state index in [1.165, 1.54) is 0 Å². The van der Waals surface area contributed by atoms with E-state index in [1.54, 1.807) is 0 Å². The van der Waals surface area contributed by atoms with Gasteiger partial charge >= 0.3 is 0 Å². The zero-order chi connectivity index (χ0) is 20.6. The number of hydrogen-bond donors (Lipinski definition) is 0. The Balaban J connectivity index is 2.34. The van der Waals surface area contributed by atoms with Crippen LogP contribution < -0.4 is 0 Å². The van der Waals surface area contributed by atoms with Gasteiger partial charge < -0.3 is 9.80 Å². The Hall–Kier alpha value is -1.56. The fourth-order valence-electron chi connectivity index (χ4n) is 4.48. The molecule has 0 N–H and O–H groups in total. The van der Waals surface area contributed by atoms with Crippen molar-refractivity contribution < 1.29 is 3.89 Å². The van der Waals surface area contributed by atoms with Crippen LogP contribution in [0.5, 0.6) is 0 Å². The number of amidine groups is 2. The highest BCUT2D eigenvalue weighted by molar-refractivity contribution is 7.95. The standard InChI is InChI=1S/C22H33FN4S/c1-14(2)25-20-19(24-7)26(15(3)4)21-16(5)22(6,28-23)17-12-10-8-9-11-13-18(17)27(20)21/h10-16,21H,8-9H2,1-7H3/b12-10-,13-11?,24-19?,25-20?. The van der Waals surface area contributed by atoms with Crippen molar-refractivity contribution in [3.8, 4) is 0 Å². The van der Waals surface area contributed by atoms with Crippen molar-refractivity contribution in [2.75, 3.05) is 7.05 Å². The van der Waals surface area contributed by atoms with Gasteiger partial charge in [0.1, 0.15) is 6.17 Å². The molecule has 0 spiro atoms. The normalized spacial score (nSPS) is 34.4. The van der Waals surface area contributed by atoms with Crippen molar-refractivity contribution in [3.05, 3.63) is 35.6 Å². The van der Waals surface area contributed by atoms with Crippen LogP contribution in [0.15, 0.2) is 45.6 Å². The van der Waals surface area contributed by atoms with Gasteiger partial charge in [0.2, 0.25) is 0 Å². The van der Waals surface area contributed by atoms with Gasteiger partial charge in [-0.25, -0.2) is 0 Å². The van der Waals surface area contributed by atoms with Crippen LogP contribution >= 0.6 is 12.1 Å². The summed E-state index contributed by atoms with van der Waals surface area (Å²) < 4.78 is 13.9. The van der Waals surface area contributed by atoms with Crippen molar-refractivity contribution >= 4 is 23.8 Å². The number of nitrogens with zero attached hydrogens (tertiary/aromatic N) is 4. The first-order valence-corrected chi connectivity index (χ1v) is 11.0. The van der Waals surface area contributed by atoms with E-state index in [2.05, 4.69) is 73.7 Å². The molecule has 4 nitrogen and oxygen atoms in total. The van der Waals surface area contributed by atoms with Gasteiger partial charge in [0.05, 0.1) is 16.9 Å². The van der Waals surface area contributed by atoms with E-state index in [-0.39, 0.29) is 24.2 Å². The van der Waals surface area contributed by atoms with E-state index in [1.807, 2.05) is 14.0 Å². The average Bonchev–Trinajstić information content (AvgIpc) is 2.93. The minimum Gasteiger partial charge on any atom is -0.330 e. The van der Waals surface area contributed by atoms with Crippen molar-refractivity contribution in [2.45, 2.75) is 77.4 Å². The molecular weight excluding hydrogens is 371 g/mol. The Morgan fingerprint density at radius 1 is 1.14 bits per heavy atom. The highest BCUT2D eigenvalue weighted by Crippen LogP contribution is 2.52. The van der Waals surface area contributed by atoms with Crippen LogP contribution in [0.1, 0.15) is 54.4 Å². The van der Waals surface area contributed by atoms with Crippen LogP contribution in [0.25, 0.3) is 0 Å². The Morgan fingerprint density at radius 2 is 1.79 bits per heavy atom. The molecule has 0 amide bonds. The first kappa shape index (κ1) is 21.2. The summed E-state index contributed by atoms with van der Waals surface area (Å²) in [5, 5.41) is 0. The molecule has 6 heteroatoms. The van der Waals surface area contributed by atoms with Crippen LogP contribution in [0.4, 0.5) is 3.89 Å². The molecule has 1 aliphatic carbocycles. The lowest BCUT2D eigenvalue weighted by atomic mass is 9.79. The third-order valence-corrected chi connectivity index (χ3v) is 6.89. The summed E-state index contributed by atoms with van der Waals surface area (Å²) in [5.41, 5.74) is 2.09. The molecule has 1 saturated heterocycles. The van der Waals surface area contributed by atoms with Crippen LogP contribution in [-0.4, -0.2) is 51.5 Å². The summed E-state index contributed by atoms with van der Waals surface area (Å²) >= 11 is 0.468. The maximum atomic E-state index is 14.5. The fourth-order valence-corrected chi connectivity index (χ4v) is 5.00. The second kappa shape index (κ2) is 8.05. The first-order chi connectivity index (χ1) is 13.3. The Bertz CT molecular complexity index is 764. The quantitative estimate of drug-likeness (QED) is 0.634. The second-order valence-electron chi connectivity index (χ2n) is 8.53. The van der Waals surface area contributed by atoms with Gasteiger partial charge in [0.15, 0.2) is 11.7 Å².